The van der Waals surface area contributed by atoms with E-state index in [1.54, 1.807) is 0 Å². The molecule has 2 aliphatic rings. The number of anilines is 1. The van der Waals surface area contributed by atoms with Crippen molar-refractivity contribution in [3.8, 4) is 0 Å². The molecule has 0 saturated carbocycles. The number of para-hydroxylation sites is 1. The van der Waals surface area contributed by atoms with Crippen LogP contribution in [0, 0.1) is 6.92 Å². The summed E-state index contributed by atoms with van der Waals surface area (Å²) < 4.78 is 5.34. The standard InChI is InChI=1S/C22H31N5O2/c1-16-4-3-5-18-14-19(17(2)23)22(24-21(16)18)27-8-6-25(7-9-27)15-20(28)26-10-12-29-13-11-26/h3-5,14,17H,6-13,15,23H2,1-2H3/t17-/m0/s1. The Kier molecular flexibility index (Phi) is 5.99. The SMILES string of the molecule is Cc1cccc2cc([C@H](C)N)c(N3CCN(CC(=O)N4CCOCC4)CC3)nc12. The van der Waals surface area contributed by atoms with Crippen molar-refractivity contribution in [2.45, 2.75) is 19.9 Å². The topological polar surface area (TPSA) is 74.9 Å². The Morgan fingerprint density at radius 2 is 1.90 bits per heavy atom. The van der Waals surface area contributed by atoms with Gasteiger partial charge in [0.2, 0.25) is 5.91 Å². The van der Waals surface area contributed by atoms with Crippen LogP contribution in [0.2, 0.25) is 0 Å². The van der Waals surface area contributed by atoms with Gasteiger partial charge in [0.15, 0.2) is 0 Å². The zero-order valence-corrected chi connectivity index (χ0v) is 17.4. The number of fused-ring (bicyclic) bond motifs is 1. The number of aryl methyl sites for hydroxylation is 1. The lowest BCUT2D eigenvalue weighted by Gasteiger charge is -2.37. The van der Waals surface area contributed by atoms with Crippen molar-refractivity contribution in [3.63, 3.8) is 0 Å². The molecule has 1 atom stereocenters. The molecule has 0 bridgehead atoms. The third-order valence-electron chi connectivity index (χ3n) is 5.94. The van der Waals surface area contributed by atoms with Gasteiger partial charge in [-0.1, -0.05) is 18.2 Å². The molecule has 1 aromatic carbocycles. The van der Waals surface area contributed by atoms with Gasteiger partial charge in [-0.25, -0.2) is 4.98 Å². The van der Waals surface area contributed by atoms with E-state index in [1.165, 1.54) is 5.56 Å². The number of hydrogen-bond acceptors (Lipinski definition) is 6. The fourth-order valence-electron chi connectivity index (χ4n) is 4.16. The predicted molar refractivity (Wildman–Crippen MR) is 115 cm³/mol. The van der Waals surface area contributed by atoms with Crippen LogP contribution in [-0.2, 0) is 9.53 Å². The number of aromatic nitrogens is 1. The van der Waals surface area contributed by atoms with E-state index in [4.69, 9.17) is 15.5 Å². The van der Waals surface area contributed by atoms with E-state index >= 15 is 0 Å². The summed E-state index contributed by atoms with van der Waals surface area (Å²) in [4.78, 5) is 24.0. The van der Waals surface area contributed by atoms with Crippen molar-refractivity contribution in [2.24, 2.45) is 5.73 Å². The number of benzene rings is 1. The maximum Gasteiger partial charge on any atom is 0.236 e. The van der Waals surface area contributed by atoms with Gasteiger partial charge in [-0.05, 0) is 25.5 Å². The van der Waals surface area contributed by atoms with E-state index in [1.807, 2.05) is 11.8 Å². The van der Waals surface area contributed by atoms with Gasteiger partial charge in [-0.15, -0.1) is 0 Å². The largest absolute Gasteiger partial charge is 0.378 e. The molecule has 0 aliphatic carbocycles. The Morgan fingerprint density at radius 1 is 1.17 bits per heavy atom. The molecule has 2 saturated heterocycles. The molecule has 3 heterocycles. The molecule has 4 rings (SSSR count). The summed E-state index contributed by atoms with van der Waals surface area (Å²) >= 11 is 0. The molecule has 0 unspecified atom stereocenters. The highest BCUT2D eigenvalue weighted by Gasteiger charge is 2.25. The van der Waals surface area contributed by atoms with Gasteiger partial charge >= 0.3 is 0 Å². The molecular weight excluding hydrogens is 366 g/mol. The number of hydrogen-bond donors (Lipinski definition) is 1. The second kappa shape index (κ2) is 8.65. The van der Waals surface area contributed by atoms with Crippen molar-refractivity contribution in [3.05, 3.63) is 35.4 Å². The predicted octanol–water partition coefficient (Wildman–Crippen LogP) is 1.54. The number of rotatable bonds is 4. The molecule has 2 aromatic rings. The van der Waals surface area contributed by atoms with Gasteiger partial charge in [-0.3, -0.25) is 9.69 Å². The molecule has 29 heavy (non-hydrogen) atoms. The Morgan fingerprint density at radius 3 is 2.59 bits per heavy atom. The fraction of sp³-hybridized carbons (Fsp3) is 0.545. The van der Waals surface area contributed by atoms with E-state index in [-0.39, 0.29) is 11.9 Å². The highest BCUT2D eigenvalue weighted by Crippen LogP contribution is 2.29. The van der Waals surface area contributed by atoms with Gasteiger partial charge < -0.3 is 20.3 Å². The second-order valence-corrected chi connectivity index (χ2v) is 8.09. The van der Waals surface area contributed by atoms with Crippen LogP contribution in [0.25, 0.3) is 10.9 Å². The number of amides is 1. The minimum absolute atomic E-state index is 0.0802. The summed E-state index contributed by atoms with van der Waals surface area (Å²) in [6.07, 6.45) is 0. The summed E-state index contributed by atoms with van der Waals surface area (Å²) in [6, 6.07) is 8.36. The summed E-state index contributed by atoms with van der Waals surface area (Å²) in [5.74, 6) is 1.19. The normalized spacial score (nSPS) is 19.6. The van der Waals surface area contributed by atoms with Crippen LogP contribution < -0.4 is 10.6 Å². The summed E-state index contributed by atoms with van der Waals surface area (Å²) in [6.45, 7) is 10.7. The fourth-order valence-corrected chi connectivity index (χ4v) is 4.16. The van der Waals surface area contributed by atoms with Gasteiger partial charge in [0, 0.05) is 56.3 Å². The molecule has 0 radical (unpaired) electrons. The summed E-state index contributed by atoms with van der Waals surface area (Å²) in [5, 5.41) is 1.13. The maximum absolute atomic E-state index is 12.5. The Labute approximate surface area is 172 Å². The van der Waals surface area contributed by atoms with Crippen molar-refractivity contribution in [2.75, 3.05) is 63.9 Å². The molecular formula is C22H31N5O2. The lowest BCUT2D eigenvalue weighted by Crippen LogP contribution is -2.52. The van der Waals surface area contributed by atoms with Gasteiger partial charge in [0.25, 0.3) is 0 Å². The van der Waals surface area contributed by atoms with Crippen LogP contribution in [-0.4, -0.2) is 79.7 Å². The van der Waals surface area contributed by atoms with Crippen LogP contribution in [0.15, 0.2) is 24.3 Å². The number of morpholine rings is 1. The van der Waals surface area contributed by atoms with Crippen LogP contribution in [0.3, 0.4) is 0 Å². The first-order valence-electron chi connectivity index (χ1n) is 10.5. The van der Waals surface area contributed by atoms with Crippen LogP contribution in [0.5, 0.6) is 0 Å². The van der Waals surface area contributed by atoms with E-state index in [0.29, 0.717) is 32.8 Å². The molecule has 7 nitrogen and oxygen atoms in total. The summed E-state index contributed by atoms with van der Waals surface area (Å²) in [7, 11) is 0. The van der Waals surface area contributed by atoms with E-state index in [0.717, 1.165) is 48.5 Å². The zero-order chi connectivity index (χ0) is 20.4. The quantitative estimate of drug-likeness (QED) is 0.844. The zero-order valence-electron chi connectivity index (χ0n) is 17.4. The monoisotopic (exact) mass is 397 g/mol. The molecule has 156 valence electrons. The molecule has 1 aromatic heterocycles. The molecule has 2 aliphatic heterocycles. The second-order valence-electron chi connectivity index (χ2n) is 8.09. The Bertz CT molecular complexity index is 871. The number of ether oxygens (including phenoxy) is 1. The lowest BCUT2D eigenvalue weighted by molar-refractivity contribution is -0.136. The molecule has 2 N–H and O–H groups in total. The van der Waals surface area contributed by atoms with Crippen LogP contribution in [0.1, 0.15) is 24.1 Å². The number of nitrogens with two attached hydrogens (primary N) is 1. The number of piperazine rings is 1. The average molecular weight is 398 g/mol. The van der Waals surface area contributed by atoms with Crippen molar-refractivity contribution in [1.29, 1.82) is 0 Å². The van der Waals surface area contributed by atoms with Crippen molar-refractivity contribution < 1.29 is 9.53 Å². The molecule has 0 spiro atoms. The van der Waals surface area contributed by atoms with Gasteiger partial charge in [0.1, 0.15) is 5.82 Å². The molecule has 7 heteroatoms. The van der Waals surface area contributed by atoms with Gasteiger partial charge in [-0.2, -0.15) is 0 Å². The molecule has 1 amide bonds. The lowest BCUT2D eigenvalue weighted by atomic mass is 10.0. The number of nitrogens with zero attached hydrogens (tertiary/aromatic N) is 4. The first-order chi connectivity index (χ1) is 14.0. The Hall–Kier alpha value is -2.22. The van der Waals surface area contributed by atoms with Crippen molar-refractivity contribution >= 4 is 22.6 Å². The van der Waals surface area contributed by atoms with Crippen molar-refractivity contribution in [1.82, 2.24) is 14.8 Å². The summed E-state index contributed by atoms with van der Waals surface area (Å²) in [5.41, 5.74) is 9.59. The third kappa shape index (κ3) is 4.37. The smallest absolute Gasteiger partial charge is 0.236 e. The first kappa shape index (κ1) is 20.1. The maximum atomic E-state index is 12.5. The number of carbonyl (C=O) groups is 1. The molecule has 2 fully saturated rings. The van der Waals surface area contributed by atoms with Crippen LogP contribution >= 0.6 is 0 Å². The van der Waals surface area contributed by atoms with E-state index in [9.17, 15) is 4.79 Å². The third-order valence-corrected chi connectivity index (χ3v) is 5.94. The Balaban J connectivity index is 1.46. The number of carbonyl (C=O) groups excluding carboxylic acids is 1. The average Bonchev–Trinajstić information content (AvgIpc) is 2.74. The number of pyridine rings is 1. The minimum atomic E-state index is -0.0802. The van der Waals surface area contributed by atoms with Gasteiger partial charge in [0.05, 0.1) is 25.3 Å². The van der Waals surface area contributed by atoms with E-state index in [2.05, 4.69) is 41.0 Å². The first-order valence-corrected chi connectivity index (χ1v) is 10.5. The van der Waals surface area contributed by atoms with E-state index < -0.39 is 0 Å². The van der Waals surface area contributed by atoms with Crippen LogP contribution in [0.4, 0.5) is 5.82 Å². The highest BCUT2D eigenvalue weighted by atomic mass is 16.5. The minimum Gasteiger partial charge on any atom is -0.378 e. The highest BCUT2D eigenvalue weighted by molar-refractivity contribution is 5.85.